The van der Waals surface area contributed by atoms with Crippen LogP contribution in [0.2, 0.25) is 0 Å². The summed E-state index contributed by atoms with van der Waals surface area (Å²) in [5.41, 5.74) is 8.65. The molecule has 8 nitrogen and oxygen atoms in total. The van der Waals surface area contributed by atoms with Gasteiger partial charge in [-0.3, -0.25) is 9.79 Å². The van der Waals surface area contributed by atoms with Gasteiger partial charge in [0.2, 0.25) is 0 Å². The monoisotopic (exact) mass is 503 g/mol. The molecule has 4 rings (SSSR count). The van der Waals surface area contributed by atoms with E-state index in [2.05, 4.69) is 19.6 Å². The van der Waals surface area contributed by atoms with Crippen molar-refractivity contribution >= 4 is 29.4 Å². The molecule has 2 aliphatic rings. The van der Waals surface area contributed by atoms with E-state index in [-0.39, 0.29) is 25.4 Å². The Morgan fingerprint density at radius 3 is 2.89 bits per heavy atom. The molecule has 2 aromatic rings. The number of alkyl halides is 2. The molecule has 11 heteroatoms. The lowest BCUT2D eigenvalue weighted by molar-refractivity contribution is 0.0256. The highest BCUT2D eigenvalue weighted by molar-refractivity contribution is 7.97. The summed E-state index contributed by atoms with van der Waals surface area (Å²) in [6, 6.07) is 5.06. The van der Waals surface area contributed by atoms with Crippen LogP contribution in [0.1, 0.15) is 41.1 Å². The Hall–Kier alpha value is -2.92. The number of aliphatic imine (C=N–C) groups is 1. The molecular formula is C24H31F2N7OS. The van der Waals surface area contributed by atoms with E-state index in [1.807, 2.05) is 37.6 Å². The summed E-state index contributed by atoms with van der Waals surface area (Å²) < 4.78 is 31.7. The van der Waals surface area contributed by atoms with Crippen molar-refractivity contribution in [3.63, 3.8) is 0 Å². The van der Waals surface area contributed by atoms with E-state index in [1.165, 1.54) is 6.20 Å². The maximum absolute atomic E-state index is 13.8. The fraction of sp³-hybridized carbons (Fsp3) is 0.458. The molecule has 2 aromatic heterocycles. The van der Waals surface area contributed by atoms with E-state index < -0.39 is 12.0 Å². The summed E-state index contributed by atoms with van der Waals surface area (Å²) >= 11 is 1.60. The summed E-state index contributed by atoms with van der Waals surface area (Å²) in [7, 11) is 1.86. The fourth-order valence-electron chi connectivity index (χ4n) is 4.31. The molecule has 1 fully saturated rings. The number of hydrogen-bond acceptors (Lipinski definition) is 7. The Bertz CT molecular complexity index is 1150. The van der Waals surface area contributed by atoms with Crippen molar-refractivity contribution in [2.75, 3.05) is 37.6 Å². The first-order valence-corrected chi connectivity index (χ1v) is 12.4. The lowest BCUT2D eigenvalue weighted by atomic mass is 10.1. The number of carbonyl (C=O) groups excluding carboxylic acids is 1. The summed E-state index contributed by atoms with van der Waals surface area (Å²) in [6.07, 6.45) is 4.70. The third kappa shape index (κ3) is 5.67. The van der Waals surface area contributed by atoms with Crippen LogP contribution in [0.25, 0.3) is 0 Å². The first kappa shape index (κ1) is 25.2. The molecule has 0 radical (unpaired) electrons. The van der Waals surface area contributed by atoms with Gasteiger partial charge in [0, 0.05) is 48.9 Å². The number of nitrogens with two attached hydrogens (primary N) is 1. The van der Waals surface area contributed by atoms with Gasteiger partial charge in [-0.15, -0.1) is 0 Å². The second kappa shape index (κ2) is 10.4. The topological polar surface area (TPSA) is 91.8 Å². The van der Waals surface area contributed by atoms with E-state index in [0.717, 1.165) is 22.8 Å². The standard InChI is InChI=1S/C24H31F2N7OS/c1-16(19-5-4-9-29-22(19)32-11-7-24(25,26)15-32)30-23(34)20-13-21(17(2)31(20)3)35-33-12-10-28-18(14-33)6-8-27/h4-6,8-9,13,16H,7,10-12,14-15,27H2,1-3H3,(H,30,34)/b8-6-. The van der Waals surface area contributed by atoms with Crippen LogP contribution in [0.4, 0.5) is 14.6 Å². The molecule has 0 spiro atoms. The van der Waals surface area contributed by atoms with Crippen LogP contribution >= 0.6 is 11.9 Å². The number of amides is 1. The van der Waals surface area contributed by atoms with Crippen molar-refractivity contribution in [2.45, 2.75) is 37.1 Å². The van der Waals surface area contributed by atoms with Crippen molar-refractivity contribution < 1.29 is 13.6 Å². The van der Waals surface area contributed by atoms with E-state index in [4.69, 9.17) is 5.73 Å². The first-order chi connectivity index (χ1) is 16.7. The van der Waals surface area contributed by atoms with Crippen LogP contribution < -0.4 is 16.0 Å². The minimum absolute atomic E-state index is 0.195. The molecule has 1 unspecified atom stereocenters. The molecular weight excluding hydrogens is 472 g/mol. The van der Waals surface area contributed by atoms with Gasteiger partial charge in [0.05, 0.1) is 31.4 Å². The average molecular weight is 504 g/mol. The molecule has 0 saturated carbocycles. The molecule has 188 valence electrons. The van der Waals surface area contributed by atoms with Crippen LogP contribution in [-0.2, 0) is 7.05 Å². The van der Waals surface area contributed by atoms with Crippen LogP contribution in [0.15, 0.2) is 46.6 Å². The zero-order chi connectivity index (χ0) is 25.2. The highest BCUT2D eigenvalue weighted by Crippen LogP contribution is 2.34. The number of pyridine rings is 1. The molecule has 4 heterocycles. The number of hydrogen-bond donors (Lipinski definition) is 2. The summed E-state index contributed by atoms with van der Waals surface area (Å²) in [4.78, 5) is 24.6. The summed E-state index contributed by atoms with van der Waals surface area (Å²) in [6.45, 7) is 5.87. The van der Waals surface area contributed by atoms with Crippen molar-refractivity contribution in [3.8, 4) is 0 Å². The lowest BCUT2D eigenvalue weighted by Crippen LogP contribution is -2.31. The smallest absolute Gasteiger partial charge is 0.268 e. The quantitative estimate of drug-likeness (QED) is 0.564. The largest absolute Gasteiger partial charge is 0.405 e. The zero-order valence-corrected chi connectivity index (χ0v) is 21.0. The summed E-state index contributed by atoms with van der Waals surface area (Å²) in [5.74, 6) is -2.47. The lowest BCUT2D eigenvalue weighted by Gasteiger charge is -2.24. The number of halogens is 2. The molecule has 1 atom stereocenters. The number of aromatic nitrogens is 2. The Kier molecular flexibility index (Phi) is 7.46. The predicted molar refractivity (Wildman–Crippen MR) is 135 cm³/mol. The van der Waals surface area contributed by atoms with Gasteiger partial charge in [0.15, 0.2) is 0 Å². The van der Waals surface area contributed by atoms with Crippen LogP contribution in [0.3, 0.4) is 0 Å². The summed E-state index contributed by atoms with van der Waals surface area (Å²) in [5, 5.41) is 3.03. The molecule has 1 saturated heterocycles. The number of nitrogens with zero attached hydrogens (tertiary/aromatic N) is 5. The molecule has 0 bridgehead atoms. The highest BCUT2D eigenvalue weighted by atomic mass is 32.2. The number of carbonyl (C=O) groups is 1. The molecule has 0 aliphatic carbocycles. The molecule has 0 aromatic carbocycles. The number of nitrogens with one attached hydrogen (secondary N) is 1. The van der Waals surface area contributed by atoms with Crippen molar-refractivity contribution in [1.29, 1.82) is 0 Å². The van der Waals surface area contributed by atoms with Crippen LogP contribution in [-0.4, -0.2) is 64.1 Å². The minimum atomic E-state index is -2.72. The fourth-order valence-corrected chi connectivity index (χ4v) is 5.39. The van der Waals surface area contributed by atoms with Gasteiger partial charge in [-0.25, -0.2) is 18.1 Å². The van der Waals surface area contributed by atoms with Crippen molar-refractivity contribution in [1.82, 2.24) is 19.2 Å². The van der Waals surface area contributed by atoms with Crippen molar-refractivity contribution in [3.05, 3.63) is 53.6 Å². The van der Waals surface area contributed by atoms with Crippen molar-refractivity contribution in [2.24, 2.45) is 17.8 Å². The van der Waals surface area contributed by atoms with Gasteiger partial charge in [-0.1, -0.05) is 6.07 Å². The molecule has 2 aliphatic heterocycles. The van der Waals surface area contributed by atoms with E-state index in [1.54, 1.807) is 35.2 Å². The predicted octanol–water partition coefficient (Wildman–Crippen LogP) is 3.30. The molecule has 3 N–H and O–H groups in total. The number of rotatable bonds is 7. The normalized spacial score (nSPS) is 19.2. The third-order valence-electron chi connectivity index (χ3n) is 6.34. The average Bonchev–Trinajstić information content (AvgIpc) is 3.33. The third-order valence-corrected chi connectivity index (χ3v) is 7.52. The zero-order valence-electron chi connectivity index (χ0n) is 20.2. The SMILES string of the molecule is Cc1c(SN2CCN=C(/C=C\N)C2)cc(C(=O)NC(C)c2cccnc2N2CCC(F)(F)C2)n1C. The second-order valence-electron chi connectivity index (χ2n) is 8.86. The van der Waals surface area contributed by atoms with E-state index in [9.17, 15) is 13.6 Å². The first-order valence-electron chi connectivity index (χ1n) is 11.6. The van der Waals surface area contributed by atoms with Gasteiger partial charge >= 0.3 is 0 Å². The van der Waals surface area contributed by atoms with Gasteiger partial charge < -0.3 is 20.5 Å². The second-order valence-corrected chi connectivity index (χ2v) is 10.0. The van der Waals surface area contributed by atoms with Crippen LogP contribution in [0, 0.1) is 6.92 Å². The van der Waals surface area contributed by atoms with E-state index >= 15 is 0 Å². The Morgan fingerprint density at radius 2 is 2.17 bits per heavy atom. The highest BCUT2D eigenvalue weighted by Gasteiger charge is 2.39. The van der Waals surface area contributed by atoms with Crippen LogP contribution in [0.5, 0.6) is 0 Å². The number of anilines is 1. The van der Waals surface area contributed by atoms with Gasteiger partial charge in [0.25, 0.3) is 11.8 Å². The Morgan fingerprint density at radius 1 is 1.37 bits per heavy atom. The van der Waals surface area contributed by atoms with Gasteiger partial charge in [-0.05, 0) is 50.2 Å². The Labute approximate surface area is 208 Å². The Balaban J connectivity index is 1.47. The molecule has 35 heavy (non-hydrogen) atoms. The van der Waals surface area contributed by atoms with Gasteiger partial charge in [0.1, 0.15) is 11.5 Å². The van der Waals surface area contributed by atoms with E-state index in [0.29, 0.717) is 30.2 Å². The maximum atomic E-state index is 13.8. The maximum Gasteiger partial charge on any atom is 0.268 e. The molecule has 1 amide bonds. The van der Waals surface area contributed by atoms with Gasteiger partial charge in [-0.2, -0.15) is 0 Å². The minimum Gasteiger partial charge on any atom is -0.405 e.